The first-order valence-corrected chi connectivity index (χ1v) is 4.44. The second-order valence-electron chi connectivity index (χ2n) is 2.52. The normalized spacial score (nSPS) is 8.25. The topological polar surface area (TPSA) is 9.23 Å². The number of unbranched alkanes of at least 4 members (excludes halogenated alkanes) is 1. The highest BCUT2D eigenvalue weighted by Gasteiger charge is 1.80. The van der Waals surface area contributed by atoms with E-state index in [1.54, 1.807) is 7.11 Å². The molecule has 1 rings (SSSR count). The molecule has 0 spiro atoms. The Morgan fingerprint density at radius 3 is 1.75 bits per heavy atom. The summed E-state index contributed by atoms with van der Waals surface area (Å²) in [7, 11) is 1.66. The van der Waals surface area contributed by atoms with Gasteiger partial charge >= 0.3 is 0 Å². The summed E-state index contributed by atoms with van der Waals surface area (Å²) >= 11 is 0. The summed E-state index contributed by atoms with van der Waals surface area (Å²) in [6.07, 6.45) is 2.64. The van der Waals surface area contributed by atoms with Gasteiger partial charge in [0, 0.05) is 0 Å². The van der Waals surface area contributed by atoms with Crippen molar-refractivity contribution in [3.05, 3.63) is 30.3 Å². The van der Waals surface area contributed by atoms with E-state index in [1.165, 1.54) is 12.8 Å². The van der Waals surface area contributed by atoms with Crippen molar-refractivity contribution >= 4 is 0 Å². The van der Waals surface area contributed by atoms with Gasteiger partial charge in [0.15, 0.2) is 0 Å². The Morgan fingerprint density at radius 1 is 1.00 bits per heavy atom. The highest BCUT2D eigenvalue weighted by molar-refractivity contribution is 5.20. The molecule has 0 aromatic heterocycles. The lowest BCUT2D eigenvalue weighted by Gasteiger charge is -1.93. The van der Waals surface area contributed by atoms with Gasteiger partial charge in [0.05, 0.1) is 7.11 Å². The largest absolute Gasteiger partial charge is 0.497 e. The zero-order valence-electron chi connectivity index (χ0n) is 8.21. The van der Waals surface area contributed by atoms with Gasteiger partial charge in [-0.25, -0.2) is 0 Å². The number of benzene rings is 1. The molecule has 0 heterocycles. The third-order valence-electron chi connectivity index (χ3n) is 1.48. The molecule has 0 fully saturated rings. The predicted octanol–water partition coefficient (Wildman–Crippen LogP) is 3.50. The number of ether oxygens (including phenoxy) is 1. The van der Waals surface area contributed by atoms with Crippen molar-refractivity contribution in [2.24, 2.45) is 0 Å². The lowest BCUT2D eigenvalue weighted by Crippen LogP contribution is -1.78. The Balaban J connectivity index is 0.000000261. The number of methoxy groups -OCH3 is 1. The minimum atomic E-state index is 0.910. The van der Waals surface area contributed by atoms with E-state index < -0.39 is 0 Å². The molecular formula is C11H18O. The lowest BCUT2D eigenvalue weighted by molar-refractivity contribution is 0.415. The smallest absolute Gasteiger partial charge is 0.118 e. The molecule has 0 saturated heterocycles. The van der Waals surface area contributed by atoms with Gasteiger partial charge < -0.3 is 4.74 Å². The first-order valence-electron chi connectivity index (χ1n) is 4.44. The molecule has 1 aromatic rings. The summed E-state index contributed by atoms with van der Waals surface area (Å²) in [5, 5.41) is 0. The molecule has 0 radical (unpaired) electrons. The number of hydrogen-bond acceptors (Lipinski definition) is 1. The van der Waals surface area contributed by atoms with Gasteiger partial charge in [0.2, 0.25) is 0 Å². The molecule has 1 aromatic carbocycles. The number of hydrogen-bond donors (Lipinski definition) is 0. The standard InChI is InChI=1S/C7H8O.C4H10/c1-8-7-5-3-2-4-6-7;1-3-4-2/h2-6H,1H3;3-4H2,1-2H3. The summed E-state index contributed by atoms with van der Waals surface area (Å²) < 4.78 is 4.91. The average Bonchev–Trinajstić information content (AvgIpc) is 2.19. The Kier molecular flexibility index (Phi) is 7.46. The van der Waals surface area contributed by atoms with Crippen LogP contribution in [0.2, 0.25) is 0 Å². The van der Waals surface area contributed by atoms with Crippen LogP contribution in [0.1, 0.15) is 26.7 Å². The maximum Gasteiger partial charge on any atom is 0.118 e. The van der Waals surface area contributed by atoms with Crippen LogP contribution in [0.5, 0.6) is 5.75 Å². The molecule has 0 unspecified atom stereocenters. The maximum atomic E-state index is 4.91. The van der Waals surface area contributed by atoms with E-state index in [4.69, 9.17) is 4.74 Å². The fourth-order valence-electron chi connectivity index (χ4n) is 0.557. The van der Waals surface area contributed by atoms with Gasteiger partial charge in [0.25, 0.3) is 0 Å². The third-order valence-corrected chi connectivity index (χ3v) is 1.48. The third kappa shape index (κ3) is 5.78. The van der Waals surface area contributed by atoms with Gasteiger partial charge in [0.1, 0.15) is 5.75 Å². The van der Waals surface area contributed by atoms with Crippen molar-refractivity contribution in [2.75, 3.05) is 7.11 Å². The van der Waals surface area contributed by atoms with Crippen LogP contribution in [0.4, 0.5) is 0 Å². The molecule has 0 atom stereocenters. The highest BCUT2D eigenvalue weighted by Crippen LogP contribution is 2.05. The molecule has 68 valence electrons. The molecular weight excluding hydrogens is 148 g/mol. The summed E-state index contributed by atoms with van der Waals surface area (Å²) in [4.78, 5) is 0. The van der Waals surface area contributed by atoms with E-state index in [-0.39, 0.29) is 0 Å². The Hall–Kier alpha value is -0.980. The second kappa shape index (κ2) is 8.12. The van der Waals surface area contributed by atoms with E-state index in [0.717, 1.165) is 5.75 Å². The Bertz CT molecular complexity index is 168. The molecule has 0 N–H and O–H groups in total. The molecule has 1 heteroatoms. The Morgan fingerprint density at radius 2 is 1.50 bits per heavy atom. The first-order chi connectivity index (χ1) is 5.85. The van der Waals surface area contributed by atoms with Crippen LogP contribution in [0.15, 0.2) is 30.3 Å². The van der Waals surface area contributed by atoms with Gasteiger partial charge in [-0.15, -0.1) is 0 Å². The van der Waals surface area contributed by atoms with Crippen LogP contribution >= 0.6 is 0 Å². The van der Waals surface area contributed by atoms with Crippen LogP contribution in [-0.4, -0.2) is 7.11 Å². The fourth-order valence-corrected chi connectivity index (χ4v) is 0.557. The van der Waals surface area contributed by atoms with E-state index >= 15 is 0 Å². The van der Waals surface area contributed by atoms with Crippen LogP contribution in [-0.2, 0) is 0 Å². The predicted molar refractivity (Wildman–Crippen MR) is 53.6 cm³/mol. The number of para-hydroxylation sites is 1. The van der Waals surface area contributed by atoms with E-state index in [1.807, 2.05) is 30.3 Å². The lowest BCUT2D eigenvalue weighted by atomic mass is 10.3. The molecule has 0 aliphatic heterocycles. The molecule has 12 heavy (non-hydrogen) atoms. The van der Waals surface area contributed by atoms with Crippen LogP contribution < -0.4 is 4.74 Å². The zero-order chi connectivity index (χ0) is 9.23. The summed E-state index contributed by atoms with van der Waals surface area (Å²) in [5.74, 6) is 0.910. The summed E-state index contributed by atoms with van der Waals surface area (Å²) in [5.41, 5.74) is 0. The van der Waals surface area contributed by atoms with E-state index in [2.05, 4.69) is 13.8 Å². The molecule has 1 nitrogen and oxygen atoms in total. The molecule has 0 saturated carbocycles. The fraction of sp³-hybridized carbons (Fsp3) is 0.455. The number of rotatable bonds is 2. The maximum absolute atomic E-state index is 4.91. The SMILES string of the molecule is CCCC.COc1ccccc1. The van der Waals surface area contributed by atoms with Crippen LogP contribution in [0.3, 0.4) is 0 Å². The zero-order valence-corrected chi connectivity index (χ0v) is 8.21. The molecule has 0 amide bonds. The molecule has 0 aliphatic carbocycles. The van der Waals surface area contributed by atoms with E-state index in [0.29, 0.717) is 0 Å². The van der Waals surface area contributed by atoms with Crippen molar-refractivity contribution in [2.45, 2.75) is 26.7 Å². The average molecular weight is 166 g/mol. The molecule has 0 bridgehead atoms. The first kappa shape index (κ1) is 11.0. The van der Waals surface area contributed by atoms with Crippen molar-refractivity contribution in [3.8, 4) is 5.75 Å². The van der Waals surface area contributed by atoms with Gasteiger partial charge in [-0.2, -0.15) is 0 Å². The van der Waals surface area contributed by atoms with Gasteiger partial charge in [-0.3, -0.25) is 0 Å². The van der Waals surface area contributed by atoms with Crippen molar-refractivity contribution in [1.29, 1.82) is 0 Å². The van der Waals surface area contributed by atoms with Crippen molar-refractivity contribution in [1.82, 2.24) is 0 Å². The second-order valence-corrected chi connectivity index (χ2v) is 2.52. The van der Waals surface area contributed by atoms with Gasteiger partial charge in [-0.05, 0) is 12.1 Å². The minimum Gasteiger partial charge on any atom is -0.497 e. The summed E-state index contributed by atoms with van der Waals surface area (Å²) in [6, 6.07) is 9.68. The van der Waals surface area contributed by atoms with Crippen molar-refractivity contribution < 1.29 is 4.74 Å². The summed E-state index contributed by atoms with van der Waals surface area (Å²) in [6.45, 7) is 4.36. The van der Waals surface area contributed by atoms with Crippen molar-refractivity contribution in [3.63, 3.8) is 0 Å². The molecule has 0 aliphatic rings. The van der Waals surface area contributed by atoms with Gasteiger partial charge in [-0.1, -0.05) is 44.9 Å². The highest BCUT2D eigenvalue weighted by atomic mass is 16.5. The van der Waals surface area contributed by atoms with E-state index in [9.17, 15) is 0 Å². The van der Waals surface area contributed by atoms with Crippen LogP contribution in [0, 0.1) is 0 Å². The Labute approximate surface area is 75.4 Å². The minimum absolute atomic E-state index is 0.910. The van der Waals surface area contributed by atoms with Crippen LogP contribution in [0.25, 0.3) is 0 Å². The quantitative estimate of drug-likeness (QED) is 0.653. The monoisotopic (exact) mass is 166 g/mol.